The molecular formula is C4H10ClNO2S. The number of nitrogens with one attached hydrogen (secondary N) is 1. The Balaban J connectivity index is 3.27. The molecule has 9 heavy (non-hydrogen) atoms. The lowest BCUT2D eigenvalue weighted by Gasteiger charge is -2.06. The van der Waals surface area contributed by atoms with Gasteiger partial charge in [0.25, 0.3) is 0 Å². The first-order valence-corrected chi connectivity index (χ1v) is 4.28. The van der Waals surface area contributed by atoms with Gasteiger partial charge >= 0.3 is 0 Å². The van der Waals surface area contributed by atoms with Crippen LogP contribution in [0.1, 0.15) is 6.92 Å². The van der Waals surface area contributed by atoms with Crippen LogP contribution in [0.25, 0.3) is 0 Å². The van der Waals surface area contributed by atoms with E-state index in [9.17, 15) is 4.21 Å². The molecule has 0 bridgehead atoms. The van der Waals surface area contributed by atoms with Gasteiger partial charge in [-0.3, -0.25) is 0 Å². The molecule has 0 saturated heterocycles. The van der Waals surface area contributed by atoms with Gasteiger partial charge < -0.3 is 9.87 Å². The van der Waals surface area contributed by atoms with E-state index in [1.165, 1.54) is 0 Å². The number of hydrogen-bond donors (Lipinski definition) is 2. The molecule has 0 aliphatic carbocycles. The maximum absolute atomic E-state index is 10.2. The van der Waals surface area contributed by atoms with Gasteiger partial charge in [0.15, 0.2) is 11.1 Å². The van der Waals surface area contributed by atoms with E-state index in [2.05, 4.69) is 5.32 Å². The smallest absolute Gasteiger partial charge is 0.170 e. The number of halogens is 1. The Kier molecular flexibility index (Phi) is 5.38. The fourth-order valence-electron chi connectivity index (χ4n) is 0.329. The third kappa shape index (κ3) is 4.84. The normalized spacial score (nSPS) is 17.2. The molecule has 0 fully saturated rings. The summed E-state index contributed by atoms with van der Waals surface area (Å²) in [5.41, 5.74) is 0. The van der Waals surface area contributed by atoms with Crippen molar-refractivity contribution in [1.29, 1.82) is 0 Å². The summed E-state index contributed by atoms with van der Waals surface area (Å²) in [6.45, 7) is 2.19. The number of hydrogen-bond acceptors (Lipinski definition) is 2. The lowest BCUT2D eigenvalue weighted by Crippen LogP contribution is -2.31. The average Bonchev–Trinajstić information content (AvgIpc) is 1.82. The predicted molar refractivity (Wildman–Crippen MR) is 39.0 cm³/mol. The molecule has 0 aromatic rings. The second kappa shape index (κ2) is 5.17. The van der Waals surface area contributed by atoms with Crippen LogP contribution in [0.2, 0.25) is 0 Å². The lowest BCUT2D eigenvalue weighted by atomic mass is 10.6. The van der Waals surface area contributed by atoms with Gasteiger partial charge in [-0.25, -0.2) is 4.21 Å². The van der Waals surface area contributed by atoms with Crippen molar-refractivity contribution < 1.29 is 8.76 Å². The van der Waals surface area contributed by atoms with E-state index in [1.54, 1.807) is 6.92 Å². The molecule has 0 amide bonds. The highest BCUT2D eigenvalue weighted by Gasteiger charge is 2.04. The molecule has 0 heterocycles. The highest BCUT2D eigenvalue weighted by atomic mass is 35.5. The van der Waals surface area contributed by atoms with Gasteiger partial charge in [0.2, 0.25) is 0 Å². The largest absolute Gasteiger partial charge is 0.305 e. The predicted octanol–water partition coefficient (Wildman–Crippen LogP) is 0.382. The standard InChI is InChI=1S/C4H10ClNO2S/c1-4(9(7)8)6-3-2-5/h4,6H,2-3H2,1H3,(H,7,8). The van der Waals surface area contributed by atoms with Crippen LogP contribution >= 0.6 is 11.6 Å². The van der Waals surface area contributed by atoms with Gasteiger partial charge in [0, 0.05) is 12.4 Å². The summed E-state index contributed by atoms with van der Waals surface area (Å²) in [5, 5.41) is 2.36. The molecule has 0 aromatic heterocycles. The van der Waals surface area contributed by atoms with E-state index in [-0.39, 0.29) is 5.37 Å². The summed E-state index contributed by atoms with van der Waals surface area (Å²) in [6, 6.07) is 0. The molecule has 56 valence electrons. The van der Waals surface area contributed by atoms with Crippen LogP contribution in [0.15, 0.2) is 0 Å². The van der Waals surface area contributed by atoms with Crippen molar-refractivity contribution in [2.24, 2.45) is 0 Å². The van der Waals surface area contributed by atoms with Gasteiger partial charge in [-0.2, -0.15) is 0 Å². The van der Waals surface area contributed by atoms with Crippen LogP contribution in [-0.4, -0.2) is 26.6 Å². The summed E-state index contributed by atoms with van der Waals surface area (Å²) in [5.74, 6) is 0.460. The minimum absolute atomic E-state index is 0.385. The zero-order valence-corrected chi connectivity index (χ0v) is 6.71. The van der Waals surface area contributed by atoms with E-state index >= 15 is 0 Å². The topological polar surface area (TPSA) is 49.3 Å². The third-order valence-electron chi connectivity index (χ3n) is 0.829. The minimum atomic E-state index is -1.78. The van der Waals surface area contributed by atoms with Crippen LogP contribution in [-0.2, 0) is 11.1 Å². The Morgan fingerprint density at radius 2 is 2.44 bits per heavy atom. The van der Waals surface area contributed by atoms with Crippen molar-refractivity contribution in [2.75, 3.05) is 12.4 Å². The summed E-state index contributed by atoms with van der Waals surface area (Å²) in [7, 11) is 0. The number of rotatable bonds is 4. The Labute approximate surface area is 62.1 Å². The molecule has 0 radical (unpaired) electrons. The summed E-state index contributed by atoms with van der Waals surface area (Å²) < 4.78 is 18.6. The summed E-state index contributed by atoms with van der Waals surface area (Å²) >= 11 is 3.53. The van der Waals surface area contributed by atoms with Gasteiger partial charge in [-0.05, 0) is 6.92 Å². The quantitative estimate of drug-likeness (QED) is 0.475. The second-order valence-electron chi connectivity index (χ2n) is 1.56. The molecule has 2 atom stereocenters. The van der Waals surface area contributed by atoms with E-state index in [0.717, 1.165) is 0 Å². The highest BCUT2D eigenvalue weighted by Crippen LogP contribution is 1.85. The minimum Gasteiger partial charge on any atom is -0.305 e. The zero-order chi connectivity index (χ0) is 7.28. The third-order valence-corrected chi connectivity index (χ3v) is 1.79. The van der Waals surface area contributed by atoms with E-state index in [0.29, 0.717) is 12.4 Å². The maximum Gasteiger partial charge on any atom is 0.170 e. The Morgan fingerprint density at radius 3 is 2.78 bits per heavy atom. The Hall–Kier alpha value is 0.360. The molecule has 0 aliphatic heterocycles. The second-order valence-corrected chi connectivity index (χ2v) is 3.20. The van der Waals surface area contributed by atoms with Crippen LogP contribution < -0.4 is 5.32 Å². The molecule has 2 unspecified atom stereocenters. The highest BCUT2D eigenvalue weighted by molar-refractivity contribution is 7.79. The van der Waals surface area contributed by atoms with Crippen molar-refractivity contribution >= 4 is 22.7 Å². The van der Waals surface area contributed by atoms with Gasteiger partial charge in [-0.1, -0.05) is 0 Å². The Morgan fingerprint density at radius 1 is 1.89 bits per heavy atom. The van der Waals surface area contributed by atoms with Crippen LogP contribution in [0.5, 0.6) is 0 Å². The molecule has 3 nitrogen and oxygen atoms in total. The van der Waals surface area contributed by atoms with Gasteiger partial charge in [-0.15, -0.1) is 11.6 Å². The molecule has 2 N–H and O–H groups in total. The summed E-state index contributed by atoms with van der Waals surface area (Å²) in [4.78, 5) is 0. The maximum atomic E-state index is 10.2. The average molecular weight is 172 g/mol. The van der Waals surface area contributed by atoms with Crippen molar-refractivity contribution in [3.05, 3.63) is 0 Å². The Bertz CT molecular complexity index is 101. The van der Waals surface area contributed by atoms with Crippen molar-refractivity contribution in [2.45, 2.75) is 12.3 Å². The summed E-state index contributed by atoms with van der Waals surface area (Å²) in [6.07, 6.45) is 0. The zero-order valence-electron chi connectivity index (χ0n) is 5.13. The molecule has 0 rings (SSSR count). The van der Waals surface area contributed by atoms with Crippen molar-refractivity contribution in [3.8, 4) is 0 Å². The van der Waals surface area contributed by atoms with Crippen LogP contribution in [0.3, 0.4) is 0 Å². The van der Waals surface area contributed by atoms with Crippen LogP contribution in [0, 0.1) is 0 Å². The number of alkyl halides is 1. The van der Waals surface area contributed by atoms with E-state index in [1.807, 2.05) is 0 Å². The first kappa shape index (κ1) is 9.36. The molecule has 5 heteroatoms. The molecular weight excluding hydrogens is 162 g/mol. The SMILES string of the molecule is CC(NCCCl)S(=O)O. The monoisotopic (exact) mass is 171 g/mol. The first-order chi connectivity index (χ1) is 4.18. The van der Waals surface area contributed by atoms with Crippen molar-refractivity contribution in [1.82, 2.24) is 5.32 Å². The molecule has 0 aliphatic rings. The fourth-order valence-corrected chi connectivity index (χ4v) is 0.699. The molecule has 0 aromatic carbocycles. The van der Waals surface area contributed by atoms with Crippen LogP contribution in [0.4, 0.5) is 0 Å². The van der Waals surface area contributed by atoms with Gasteiger partial charge in [0.05, 0.1) is 0 Å². The molecule has 0 spiro atoms. The van der Waals surface area contributed by atoms with E-state index < -0.39 is 11.1 Å². The fraction of sp³-hybridized carbons (Fsp3) is 1.00. The van der Waals surface area contributed by atoms with Crippen molar-refractivity contribution in [3.63, 3.8) is 0 Å². The van der Waals surface area contributed by atoms with E-state index in [4.69, 9.17) is 16.2 Å². The lowest BCUT2D eigenvalue weighted by molar-refractivity contribution is 0.534. The first-order valence-electron chi connectivity index (χ1n) is 2.57. The van der Waals surface area contributed by atoms with Gasteiger partial charge in [0.1, 0.15) is 5.37 Å². The molecule has 0 saturated carbocycles.